The van der Waals surface area contributed by atoms with E-state index in [1.54, 1.807) is 15.3 Å². The smallest absolute Gasteiger partial charge is 0.0414 e. The first-order valence-corrected chi connectivity index (χ1v) is 8.01. The number of rotatable bonds is 6. The van der Waals surface area contributed by atoms with Gasteiger partial charge in [-0.3, -0.25) is 0 Å². The minimum Gasteiger partial charge on any atom is -0.310 e. The predicted molar refractivity (Wildman–Crippen MR) is 76.9 cm³/mol. The molecular weight excluding hydrogens is 226 g/mol. The van der Waals surface area contributed by atoms with Crippen LogP contribution in [-0.2, 0) is 12.8 Å². The topological polar surface area (TPSA) is 12.0 Å². The molecule has 1 nitrogen and oxygen atoms in total. The molecule has 1 aliphatic rings. The molecule has 0 spiro atoms. The molecule has 0 bridgehead atoms. The van der Waals surface area contributed by atoms with E-state index in [4.69, 9.17) is 0 Å². The summed E-state index contributed by atoms with van der Waals surface area (Å²) in [4.78, 5) is 3.26. The van der Waals surface area contributed by atoms with E-state index in [1.165, 1.54) is 44.9 Å². The van der Waals surface area contributed by atoms with Crippen molar-refractivity contribution >= 4 is 11.3 Å². The molecule has 96 valence electrons. The first-order chi connectivity index (χ1) is 8.35. The van der Waals surface area contributed by atoms with Crippen LogP contribution in [0.2, 0.25) is 0 Å². The highest BCUT2D eigenvalue weighted by Crippen LogP contribution is 2.34. The molecule has 2 rings (SSSR count). The summed E-state index contributed by atoms with van der Waals surface area (Å²) in [5, 5.41) is 3.65. The SMILES string of the molecule is CCCCC(NCC)c1cc2c(s1)CCCC2. The van der Waals surface area contributed by atoms with E-state index >= 15 is 0 Å². The summed E-state index contributed by atoms with van der Waals surface area (Å²) in [5.74, 6) is 0. The number of aryl methyl sites for hydroxylation is 2. The van der Waals surface area contributed by atoms with Crippen LogP contribution in [0.4, 0.5) is 0 Å². The molecule has 0 saturated carbocycles. The molecule has 2 heteroatoms. The molecule has 0 amide bonds. The van der Waals surface area contributed by atoms with Crippen molar-refractivity contribution in [1.29, 1.82) is 0 Å². The highest BCUT2D eigenvalue weighted by molar-refractivity contribution is 7.12. The Balaban J connectivity index is 2.08. The normalized spacial score (nSPS) is 16.8. The Kier molecular flexibility index (Phi) is 5.05. The number of fused-ring (bicyclic) bond motifs is 1. The Morgan fingerprint density at radius 3 is 2.82 bits per heavy atom. The van der Waals surface area contributed by atoms with Crippen molar-refractivity contribution in [2.75, 3.05) is 6.54 Å². The molecule has 1 heterocycles. The van der Waals surface area contributed by atoms with Gasteiger partial charge in [0, 0.05) is 15.8 Å². The maximum Gasteiger partial charge on any atom is 0.0414 e. The van der Waals surface area contributed by atoms with Crippen molar-refractivity contribution in [2.24, 2.45) is 0 Å². The summed E-state index contributed by atoms with van der Waals surface area (Å²) in [6.07, 6.45) is 9.36. The average Bonchev–Trinajstić information content (AvgIpc) is 2.78. The van der Waals surface area contributed by atoms with Crippen LogP contribution < -0.4 is 5.32 Å². The number of unbranched alkanes of at least 4 members (excludes halogenated alkanes) is 1. The molecule has 1 unspecified atom stereocenters. The van der Waals surface area contributed by atoms with Crippen LogP contribution in [0.1, 0.15) is 67.3 Å². The van der Waals surface area contributed by atoms with Gasteiger partial charge in [0.05, 0.1) is 0 Å². The fourth-order valence-electron chi connectivity index (χ4n) is 2.68. The molecule has 1 aromatic heterocycles. The summed E-state index contributed by atoms with van der Waals surface area (Å²) in [6.45, 7) is 5.58. The van der Waals surface area contributed by atoms with Crippen LogP contribution >= 0.6 is 11.3 Å². The van der Waals surface area contributed by atoms with Gasteiger partial charge in [0.1, 0.15) is 0 Å². The molecule has 17 heavy (non-hydrogen) atoms. The zero-order valence-electron chi connectivity index (χ0n) is 11.2. The van der Waals surface area contributed by atoms with Crippen LogP contribution in [0.5, 0.6) is 0 Å². The number of hydrogen-bond donors (Lipinski definition) is 1. The Labute approximate surface area is 110 Å². The van der Waals surface area contributed by atoms with Crippen molar-refractivity contribution in [3.05, 3.63) is 21.4 Å². The van der Waals surface area contributed by atoms with E-state index in [9.17, 15) is 0 Å². The average molecular weight is 251 g/mol. The van der Waals surface area contributed by atoms with Crippen LogP contribution in [0, 0.1) is 0 Å². The van der Waals surface area contributed by atoms with Crippen molar-refractivity contribution < 1.29 is 0 Å². The maximum atomic E-state index is 3.65. The van der Waals surface area contributed by atoms with Gasteiger partial charge in [0.2, 0.25) is 0 Å². The summed E-state index contributed by atoms with van der Waals surface area (Å²) in [7, 11) is 0. The number of thiophene rings is 1. The fraction of sp³-hybridized carbons (Fsp3) is 0.733. The van der Waals surface area contributed by atoms with Crippen LogP contribution in [0.25, 0.3) is 0 Å². The van der Waals surface area contributed by atoms with Gasteiger partial charge in [-0.25, -0.2) is 0 Å². The van der Waals surface area contributed by atoms with Gasteiger partial charge >= 0.3 is 0 Å². The molecule has 0 radical (unpaired) electrons. The first-order valence-electron chi connectivity index (χ1n) is 7.20. The summed E-state index contributed by atoms with van der Waals surface area (Å²) in [6, 6.07) is 3.10. The minimum absolute atomic E-state index is 0.607. The summed E-state index contributed by atoms with van der Waals surface area (Å²) in [5.41, 5.74) is 1.65. The molecule has 1 aromatic rings. The van der Waals surface area contributed by atoms with Crippen LogP contribution in [-0.4, -0.2) is 6.54 Å². The monoisotopic (exact) mass is 251 g/mol. The van der Waals surface area contributed by atoms with Gasteiger partial charge in [-0.1, -0.05) is 26.7 Å². The number of nitrogens with one attached hydrogen (secondary N) is 1. The molecular formula is C15H25NS. The molecule has 0 fully saturated rings. The summed E-state index contributed by atoms with van der Waals surface area (Å²) >= 11 is 2.07. The zero-order valence-corrected chi connectivity index (χ0v) is 12.0. The predicted octanol–water partition coefficient (Wildman–Crippen LogP) is 4.47. The van der Waals surface area contributed by atoms with E-state index < -0.39 is 0 Å². The van der Waals surface area contributed by atoms with E-state index in [2.05, 4.69) is 36.6 Å². The van der Waals surface area contributed by atoms with Crippen LogP contribution in [0.3, 0.4) is 0 Å². The molecule has 1 atom stereocenters. The van der Waals surface area contributed by atoms with Crippen molar-refractivity contribution in [3.8, 4) is 0 Å². The van der Waals surface area contributed by atoms with Gasteiger partial charge in [-0.15, -0.1) is 11.3 Å². The quantitative estimate of drug-likeness (QED) is 0.786. The lowest BCUT2D eigenvalue weighted by atomic mass is 9.98. The first kappa shape index (κ1) is 13.1. The Bertz CT molecular complexity index is 319. The molecule has 0 aliphatic heterocycles. The fourth-order valence-corrected chi connectivity index (χ4v) is 4.05. The van der Waals surface area contributed by atoms with E-state index in [0.717, 1.165) is 6.54 Å². The Hall–Kier alpha value is -0.340. The number of hydrogen-bond acceptors (Lipinski definition) is 2. The second-order valence-electron chi connectivity index (χ2n) is 5.06. The zero-order chi connectivity index (χ0) is 12.1. The minimum atomic E-state index is 0.607. The van der Waals surface area contributed by atoms with E-state index in [-0.39, 0.29) is 0 Å². The van der Waals surface area contributed by atoms with Gasteiger partial charge in [-0.05, 0) is 50.3 Å². The summed E-state index contributed by atoms with van der Waals surface area (Å²) < 4.78 is 0. The Morgan fingerprint density at radius 1 is 1.29 bits per heavy atom. The third-order valence-electron chi connectivity index (χ3n) is 3.66. The van der Waals surface area contributed by atoms with Crippen molar-refractivity contribution in [2.45, 2.75) is 64.8 Å². The van der Waals surface area contributed by atoms with Gasteiger partial charge in [-0.2, -0.15) is 0 Å². The third-order valence-corrected chi connectivity index (χ3v) is 5.01. The van der Waals surface area contributed by atoms with E-state index in [1.807, 2.05) is 0 Å². The second kappa shape index (κ2) is 6.55. The molecule has 1 N–H and O–H groups in total. The van der Waals surface area contributed by atoms with Gasteiger partial charge in [0.15, 0.2) is 0 Å². The largest absolute Gasteiger partial charge is 0.310 e. The molecule has 0 saturated heterocycles. The lowest BCUT2D eigenvalue weighted by Crippen LogP contribution is -2.19. The second-order valence-corrected chi connectivity index (χ2v) is 6.23. The van der Waals surface area contributed by atoms with Crippen molar-refractivity contribution in [3.63, 3.8) is 0 Å². The van der Waals surface area contributed by atoms with Gasteiger partial charge < -0.3 is 5.32 Å². The highest BCUT2D eigenvalue weighted by atomic mass is 32.1. The molecule has 0 aromatic carbocycles. The van der Waals surface area contributed by atoms with Crippen LogP contribution in [0.15, 0.2) is 6.07 Å². The van der Waals surface area contributed by atoms with Gasteiger partial charge in [0.25, 0.3) is 0 Å². The highest BCUT2D eigenvalue weighted by Gasteiger charge is 2.18. The third kappa shape index (κ3) is 3.32. The Morgan fingerprint density at radius 2 is 2.12 bits per heavy atom. The lowest BCUT2D eigenvalue weighted by Gasteiger charge is -2.15. The standard InChI is InChI=1S/C15H25NS/c1-3-5-9-13(16-4-2)15-11-12-8-6-7-10-14(12)17-15/h11,13,16H,3-10H2,1-2H3. The maximum absolute atomic E-state index is 3.65. The lowest BCUT2D eigenvalue weighted by molar-refractivity contribution is 0.501. The van der Waals surface area contributed by atoms with Crippen molar-refractivity contribution in [1.82, 2.24) is 5.32 Å². The van der Waals surface area contributed by atoms with E-state index in [0.29, 0.717) is 6.04 Å². The molecule has 1 aliphatic carbocycles.